The number of fused-ring (bicyclic) bond motifs is 1. The van der Waals surface area contributed by atoms with Gasteiger partial charge in [-0.15, -0.1) is 24.0 Å². The number of hydrogen-bond donors (Lipinski definition) is 1. The van der Waals surface area contributed by atoms with Crippen LogP contribution in [0.25, 0.3) is 0 Å². The summed E-state index contributed by atoms with van der Waals surface area (Å²) in [4.78, 5) is 20.9. The standard InChI is InChI=1S/C25H32N4O3.HI/c1-18-9-10-20(19(2)15-18)23-16-28(13-14-31-23)25(26-3)27-11-6-12-29-21-7-4-5-8-22(21)32-17-24(29)30;/h4-5,7-10,15,23H,6,11-14,16-17H2,1-3H3,(H,26,27);1H. The molecule has 2 aromatic rings. The van der Waals surface area contributed by atoms with Crippen molar-refractivity contribution in [3.8, 4) is 5.75 Å². The molecule has 0 saturated carbocycles. The highest BCUT2D eigenvalue weighted by Crippen LogP contribution is 2.31. The maximum absolute atomic E-state index is 12.3. The first-order chi connectivity index (χ1) is 15.6. The summed E-state index contributed by atoms with van der Waals surface area (Å²) in [6, 6.07) is 14.2. The third-order valence-electron chi connectivity index (χ3n) is 6.00. The molecule has 2 aromatic carbocycles. The summed E-state index contributed by atoms with van der Waals surface area (Å²) in [5.74, 6) is 1.64. The van der Waals surface area contributed by atoms with Gasteiger partial charge in [0.05, 0.1) is 18.8 Å². The summed E-state index contributed by atoms with van der Waals surface area (Å²) in [5, 5.41) is 3.46. The van der Waals surface area contributed by atoms with Crippen LogP contribution in [0.2, 0.25) is 0 Å². The van der Waals surface area contributed by atoms with Gasteiger partial charge in [-0.1, -0.05) is 35.9 Å². The number of rotatable bonds is 5. The first kappa shape index (κ1) is 25.3. The molecule has 0 spiro atoms. The van der Waals surface area contributed by atoms with Crippen LogP contribution >= 0.6 is 24.0 Å². The van der Waals surface area contributed by atoms with Gasteiger partial charge >= 0.3 is 0 Å². The third-order valence-corrected chi connectivity index (χ3v) is 6.00. The predicted octanol–water partition coefficient (Wildman–Crippen LogP) is 3.69. The Hall–Kier alpha value is -2.33. The summed E-state index contributed by atoms with van der Waals surface area (Å²) in [5.41, 5.74) is 4.60. The molecule has 0 aromatic heterocycles. The second-order valence-corrected chi connectivity index (χ2v) is 8.29. The van der Waals surface area contributed by atoms with Gasteiger partial charge in [-0.05, 0) is 43.5 Å². The SMILES string of the molecule is CN=C(NCCCN1C(=O)COc2ccccc21)N1CCOC(c2ccc(C)cc2C)C1.I. The van der Waals surface area contributed by atoms with Crippen molar-refractivity contribution in [2.24, 2.45) is 4.99 Å². The molecule has 2 heterocycles. The van der Waals surface area contributed by atoms with E-state index in [0.717, 1.165) is 43.5 Å². The van der Waals surface area contributed by atoms with Gasteiger partial charge in [0.15, 0.2) is 12.6 Å². The lowest BCUT2D eigenvalue weighted by atomic mass is 10.00. The molecule has 1 unspecified atom stereocenters. The van der Waals surface area contributed by atoms with Crippen molar-refractivity contribution < 1.29 is 14.3 Å². The number of aliphatic imine (C=N–C) groups is 1. The fourth-order valence-corrected chi connectivity index (χ4v) is 4.39. The van der Waals surface area contributed by atoms with Crippen LogP contribution in [0.5, 0.6) is 5.75 Å². The van der Waals surface area contributed by atoms with Crippen LogP contribution in [0.15, 0.2) is 47.5 Å². The first-order valence-corrected chi connectivity index (χ1v) is 11.2. The van der Waals surface area contributed by atoms with Gasteiger partial charge < -0.3 is 24.6 Å². The van der Waals surface area contributed by atoms with Crippen LogP contribution < -0.4 is 15.0 Å². The minimum Gasteiger partial charge on any atom is -0.482 e. The molecule has 0 bridgehead atoms. The number of morpholine rings is 1. The molecule has 1 N–H and O–H groups in total. The number of ether oxygens (including phenoxy) is 2. The number of carbonyl (C=O) groups excluding carboxylic acids is 1. The molecule has 0 radical (unpaired) electrons. The van der Waals surface area contributed by atoms with Crippen LogP contribution in [0.4, 0.5) is 5.69 Å². The zero-order valence-electron chi connectivity index (χ0n) is 19.5. The van der Waals surface area contributed by atoms with Crippen LogP contribution in [-0.4, -0.2) is 63.2 Å². The summed E-state index contributed by atoms with van der Waals surface area (Å²) >= 11 is 0. The molecule has 2 aliphatic rings. The predicted molar refractivity (Wildman–Crippen MR) is 142 cm³/mol. The lowest BCUT2D eigenvalue weighted by Gasteiger charge is -2.36. The summed E-state index contributed by atoms with van der Waals surface area (Å²) in [6.07, 6.45) is 0.842. The van der Waals surface area contributed by atoms with Crippen molar-refractivity contribution >= 4 is 41.5 Å². The number of anilines is 1. The van der Waals surface area contributed by atoms with E-state index in [1.807, 2.05) is 36.2 Å². The number of nitrogens with one attached hydrogen (secondary N) is 1. The Morgan fingerprint density at radius 3 is 2.82 bits per heavy atom. The third kappa shape index (κ3) is 5.97. The fourth-order valence-electron chi connectivity index (χ4n) is 4.39. The van der Waals surface area contributed by atoms with E-state index in [1.165, 1.54) is 16.7 Å². The Bertz CT molecular complexity index is 997. The normalized spacial score (nSPS) is 18.3. The number of aryl methyl sites for hydroxylation is 2. The summed E-state index contributed by atoms with van der Waals surface area (Å²) < 4.78 is 11.6. The highest BCUT2D eigenvalue weighted by atomic mass is 127. The Labute approximate surface area is 213 Å². The van der Waals surface area contributed by atoms with Crippen molar-refractivity contribution in [3.63, 3.8) is 0 Å². The van der Waals surface area contributed by atoms with Crippen LogP contribution in [-0.2, 0) is 9.53 Å². The molecule has 8 heteroatoms. The van der Waals surface area contributed by atoms with Gasteiger partial charge in [0.25, 0.3) is 5.91 Å². The summed E-state index contributed by atoms with van der Waals surface area (Å²) in [6.45, 7) is 7.94. The van der Waals surface area contributed by atoms with Gasteiger partial charge in [0.2, 0.25) is 0 Å². The van der Waals surface area contributed by atoms with Gasteiger partial charge in [-0.3, -0.25) is 9.79 Å². The fraction of sp³-hybridized carbons (Fsp3) is 0.440. The number of carbonyl (C=O) groups is 1. The lowest BCUT2D eigenvalue weighted by Crippen LogP contribution is -2.49. The molecule has 1 atom stereocenters. The maximum atomic E-state index is 12.3. The second-order valence-electron chi connectivity index (χ2n) is 8.29. The number of amides is 1. The van der Waals surface area contributed by atoms with E-state index in [-0.39, 0.29) is 42.6 Å². The van der Waals surface area contributed by atoms with E-state index in [4.69, 9.17) is 9.47 Å². The first-order valence-electron chi connectivity index (χ1n) is 11.2. The van der Waals surface area contributed by atoms with Crippen molar-refractivity contribution in [3.05, 3.63) is 59.2 Å². The minimum atomic E-state index is -0.00225. The molecule has 2 aliphatic heterocycles. The van der Waals surface area contributed by atoms with E-state index in [2.05, 4.69) is 47.3 Å². The van der Waals surface area contributed by atoms with Gasteiger partial charge in [0.1, 0.15) is 11.9 Å². The number of halogens is 1. The van der Waals surface area contributed by atoms with Gasteiger partial charge in [0, 0.05) is 26.7 Å². The van der Waals surface area contributed by atoms with E-state index in [9.17, 15) is 4.79 Å². The van der Waals surface area contributed by atoms with Crippen molar-refractivity contribution in [2.75, 3.05) is 51.3 Å². The van der Waals surface area contributed by atoms with Crippen molar-refractivity contribution in [2.45, 2.75) is 26.4 Å². The van der Waals surface area contributed by atoms with Crippen molar-refractivity contribution in [1.29, 1.82) is 0 Å². The number of guanidine groups is 1. The average molecular weight is 564 g/mol. The zero-order chi connectivity index (χ0) is 22.5. The second kappa shape index (κ2) is 11.7. The molecule has 1 fully saturated rings. The number of hydrogen-bond acceptors (Lipinski definition) is 4. The Kier molecular flexibility index (Phi) is 8.96. The van der Waals surface area contributed by atoms with E-state index in [1.54, 1.807) is 0 Å². The van der Waals surface area contributed by atoms with E-state index in [0.29, 0.717) is 13.2 Å². The Balaban J connectivity index is 0.00000306. The number of para-hydroxylation sites is 2. The lowest BCUT2D eigenvalue weighted by molar-refractivity contribution is -0.121. The highest BCUT2D eigenvalue weighted by molar-refractivity contribution is 14.0. The van der Waals surface area contributed by atoms with Crippen molar-refractivity contribution in [1.82, 2.24) is 10.2 Å². The maximum Gasteiger partial charge on any atom is 0.265 e. The molecule has 1 saturated heterocycles. The quantitative estimate of drug-likeness (QED) is 0.260. The molecule has 7 nitrogen and oxygen atoms in total. The topological polar surface area (TPSA) is 66.4 Å². The van der Waals surface area contributed by atoms with Gasteiger partial charge in [-0.25, -0.2) is 0 Å². The average Bonchev–Trinajstić information content (AvgIpc) is 2.80. The largest absolute Gasteiger partial charge is 0.482 e. The monoisotopic (exact) mass is 564 g/mol. The number of benzene rings is 2. The molecule has 178 valence electrons. The summed E-state index contributed by atoms with van der Waals surface area (Å²) in [7, 11) is 1.81. The van der Waals surface area contributed by atoms with Crippen LogP contribution in [0.3, 0.4) is 0 Å². The minimum absolute atomic E-state index is 0. The van der Waals surface area contributed by atoms with Crippen LogP contribution in [0, 0.1) is 13.8 Å². The molecular formula is C25H33IN4O3. The van der Waals surface area contributed by atoms with E-state index >= 15 is 0 Å². The Morgan fingerprint density at radius 2 is 2.03 bits per heavy atom. The van der Waals surface area contributed by atoms with Crippen LogP contribution in [0.1, 0.15) is 29.2 Å². The molecule has 0 aliphatic carbocycles. The molecule has 1 amide bonds. The van der Waals surface area contributed by atoms with Gasteiger partial charge in [-0.2, -0.15) is 0 Å². The molecule has 33 heavy (non-hydrogen) atoms. The Morgan fingerprint density at radius 1 is 1.21 bits per heavy atom. The molecule has 4 rings (SSSR count). The molecular weight excluding hydrogens is 531 g/mol. The number of nitrogens with zero attached hydrogens (tertiary/aromatic N) is 3. The van der Waals surface area contributed by atoms with E-state index < -0.39 is 0 Å². The highest BCUT2D eigenvalue weighted by Gasteiger charge is 2.26. The zero-order valence-corrected chi connectivity index (χ0v) is 21.9. The smallest absolute Gasteiger partial charge is 0.265 e.